The Kier molecular flexibility index (Phi) is 3.14. The lowest BCUT2D eigenvalue weighted by atomic mass is 9.99. The molecule has 0 aliphatic carbocycles. The summed E-state index contributed by atoms with van der Waals surface area (Å²) in [5.41, 5.74) is 0. The maximum absolute atomic E-state index is 10.7. The van der Waals surface area contributed by atoms with E-state index in [4.69, 9.17) is 14.6 Å². The number of aliphatic hydroxyl groups is 1. The standard InChI is InChI=1S/C11H15NO4/c13-7-8-2-1-5-12(6-8)10-4-3-9(16-10)11(14)15/h3-4,8,13H,1-2,5-7H2,(H,14,15). The number of piperidine rings is 1. The fourth-order valence-corrected chi connectivity index (χ4v) is 2.03. The van der Waals surface area contributed by atoms with Gasteiger partial charge in [-0.3, -0.25) is 0 Å². The highest BCUT2D eigenvalue weighted by Gasteiger charge is 2.22. The molecular formula is C11H15NO4. The summed E-state index contributed by atoms with van der Waals surface area (Å²) in [4.78, 5) is 12.6. The van der Waals surface area contributed by atoms with Gasteiger partial charge < -0.3 is 19.5 Å². The van der Waals surface area contributed by atoms with Crippen molar-refractivity contribution >= 4 is 11.9 Å². The number of hydrogen-bond acceptors (Lipinski definition) is 4. The molecule has 1 saturated heterocycles. The monoisotopic (exact) mass is 225 g/mol. The maximum Gasteiger partial charge on any atom is 0.371 e. The summed E-state index contributed by atoms with van der Waals surface area (Å²) >= 11 is 0. The maximum atomic E-state index is 10.7. The summed E-state index contributed by atoms with van der Waals surface area (Å²) in [6, 6.07) is 3.13. The largest absolute Gasteiger partial charge is 0.475 e. The number of rotatable bonds is 3. The molecule has 1 aliphatic rings. The second kappa shape index (κ2) is 4.57. The fourth-order valence-electron chi connectivity index (χ4n) is 2.03. The number of carbonyl (C=O) groups is 1. The summed E-state index contributed by atoms with van der Waals surface area (Å²) in [5.74, 6) is -0.259. The molecule has 2 rings (SSSR count). The van der Waals surface area contributed by atoms with Crippen LogP contribution in [0.5, 0.6) is 0 Å². The Labute approximate surface area is 93.3 Å². The van der Waals surface area contributed by atoms with E-state index in [-0.39, 0.29) is 18.3 Å². The van der Waals surface area contributed by atoms with Crippen molar-refractivity contribution in [3.63, 3.8) is 0 Å². The van der Waals surface area contributed by atoms with Crippen molar-refractivity contribution in [3.8, 4) is 0 Å². The van der Waals surface area contributed by atoms with Crippen LogP contribution in [0.1, 0.15) is 23.4 Å². The summed E-state index contributed by atoms with van der Waals surface area (Å²) in [6.07, 6.45) is 2.01. The number of anilines is 1. The van der Waals surface area contributed by atoms with Crippen LogP contribution in [-0.4, -0.2) is 35.9 Å². The molecule has 16 heavy (non-hydrogen) atoms. The normalized spacial score (nSPS) is 21.1. The highest BCUT2D eigenvalue weighted by atomic mass is 16.4. The third-order valence-corrected chi connectivity index (χ3v) is 2.89. The lowest BCUT2D eigenvalue weighted by Gasteiger charge is -2.31. The van der Waals surface area contributed by atoms with E-state index in [0.29, 0.717) is 5.88 Å². The van der Waals surface area contributed by atoms with Crippen LogP contribution in [-0.2, 0) is 0 Å². The van der Waals surface area contributed by atoms with Crippen LogP contribution in [0.3, 0.4) is 0 Å². The van der Waals surface area contributed by atoms with Crippen molar-refractivity contribution in [1.29, 1.82) is 0 Å². The lowest BCUT2D eigenvalue weighted by Crippen LogP contribution is -2.36. The Morgan fingerprint density at radius 3 is 3.00 bits per heavy atom. The minimum atomic E-state index is -1.05. The second-order valence-corrected chi connectivity index (χ2v) is 4.08. The van der Waals surface area contributed by atoms with E-state index in [2.05, 4.69) is 0 Å². The molecule has 1 atom stereocenters. The number of aliphatic hydroxyl groups excluding tert-OH is 1. The summed E-state index contributed by atoms with van der Waals surface area (Å²) in [7, 11) is 0. The molecule has 0 spiro atoms. The van der Waals surface area contributed by atoms with Gasteiger partial charge in [-0.15, -0.1) is 0 Å². The summed E-state index contributed by atoms with van der Waals surface area (Å²) < 4.78 is 5.22. The topological polar surface area (TPSA) is 73.9 Å². The molecule has 0 radical (unpaired) electrons. The molecule has 0 bridgehead atoms. The van der Waals surface area contributed by atoms with Gasteiger partial charge in [0.1, 0.15) is 0 Å². The molecule has 0 aromatic carbocycles. The Hall–Kier alpha value is -1.49. The van der Waals surface area contributed by atoms with Crippen molar-refractivity contribution in [3.05, 3.63) is 17.9 Å². The number of furan rings is 1. The van der Waals surface area contributed by atoms with Crippen molar-refractivity contribution < 1.29 is 19.4 Å². The molecule has 1 aromatic rings. The van der Waals surface area contributed by atoms with Gasteiger partial charge in [-0.25, -0.2) is 4.79 Å². The Bertz CT molecular complexity index is 374. The van der Waals surface area contributed by atoms with Crippen LogP contribution in [0.4, 0.5) is 5.88 Å². The molecular weight excluding hydrogens is 210 g/mol. The quantitative estimate of drug-likeness (QED) is 0.808. The van der Waals surface area contributed by atoms with Crippen molar-refractivity contribution in [1.82, 2.24) is 0 Å². The molecule has 0 amide bonds. The first-order chi connectivity index (χ1) is 7.70. The van der Waals surface area contributed by atoms with Crippen LogP contribution in [0, 0.1) is 5.92 Å². The SMILES string of the molecule is O=C(O)c1ccc(N2CCCC(CO)C2)o1. The zero-order valence-electron chi connectivity index (χ0n) is 8.93. The fraction of sp³-hybridized carbons (Fsp3) is 0.545. The van der Waals surface area contributed by atoms with Gasteiger partial charge in [0.25, 0.3) is 0 Å². The smallest absolute Gasteiger partial charge is 0.371 e. The van der Waals surface area contributed by atoms with Crippen molar-refractivity contribution in [2.24, 2.45) is 5.92 Å². The van der Waals surface area contributed by atoms with E-state index in [9.17, 15) is 4.79 Å². The highest BCUT2D eigenvalue weighted by molar-refractivity contribution is 5.84. The van der Waals surface area contributed by atoms with E-state index >= 15 is 0 Å². The first-order valence-corrected chi connectivity index (χ1v) is 5.39. The number of nitrogens with zero attached hydrogens (tertiary/aromatic N) is 1. The van der Waals surface area contributed by atoms with Gasteiger partial charge in [-0.05, 0) is 24.8 Å². The molecule has 88 valence electrons. The molecule has 0 saturated carbocycles. The highest BCUT2D eigenvalue weighted by Crippen LogP contribution is 2.24. The van der Waals surface area contributed by atoms with E-state index < -0.39 is 5.97 Å². The lowest BCUT2D eigenvalue weighted by molar-refractivity contribution is 0.0663. The van der Waals surface area contributed by atoms with Gasteiger partial charge in [-0.2, -0.15) is 0 Å². The third kappa shape index (κ3) is 2.19. The van der Waals surface area contributed by atoms with Gasteiger partial charge in [0.2, 0.25) is 5.76 Å². The number of carboxylic acids is 1. The van der Waals surface area contributed by atoms with Crippen LogP contribution in [0.25, 0.3) is 0 Å². The minimum Gasteiger partial charge on any atom is -0.475 e. The van der Waals surface area contributed by atoms with Gasteiger partial charge in [-0.1, -0.05) is 0 Å². The Morgan fingerprint density at radius 1 is 1.56 bits per heavy atom. The first kappa shape index (κ1) is 11.0. The predicted molar refractivity (Wildman–Crippen MR) is 57.7 cm³/mol. The first-order valence-electron chi connectivity index (χ1n) is 5.39. The van der Waals surface area contributed by atoms with Crippen LogP contribution < -0.4 is 4.90 Å². The number of hydrogen-bond donors (Lipinski definition) is 2. The second-order valence-electron chi connectivity index (χ2n) is 4.08. The van der Waals surface area contributed by atoms with E-state index in [1.807, 2.05) is 4.90 Å². The molecule has 1 aromatic heterocycles. The van der Waals surface area contributed by atoms with E-state index in [0.717, 1.165) is 25.9 Å². The van der Waals surface area contributed by atoms with Gasteiger partial charge in [0.05, 0.1) is 0 Å². The number of carboxylic acid groups (broad SMARTS) is 1. The van der Waals surface area contributed by atoms with Gasteiger partial charge in [0, 0.05) is 25.8 Å². The Morgan fingerprint density at radius 2 is 2.38 bits per heavy atom. The van der Waals surface area contributed by atoms with Crippen LogP contribution in [0.15, 0.2) is 16.5 Å². The molecule has 5 nitrogen and oxygen atoms in total. The summed E-state index contributed by atoms with van der Waals surface area (Å²) in [5, 5.41) is 17.8. The average Bonchev–Trinajstić information content (AvgIpc) is 2.78. The predicted octanol–water partition coefficient (Wildman–Crippen LogP) is 1.19. The molecule has 1 fully saturated rings. The van der Waals surface area contributed by atoms with E-state index in [1.54, 1.807) is 6.07 Å². The van der Waals surface area contributed by atoms with Crippen molar-refractivity contribution in [2.45, 2.75) is 12.8 Å². The zero-order chi connectivity index (χ0) is 11.5. The van der Waals surface area contributed by atoms with E-state index in [1.165, 1.54) is 6.07 Å². The molecule has 5 heteroatoms. The zero-order valence-corrected chi connectivity index (χ0v) is 8.93. The Balaban J connectivity index is 2.08. The molecule has 2 heterocycles. The average molecular weight is 225 g/mol. The molecule has 1 aliphatic heterocycles. The van der Waals surface area contributed by atoms with Crippen LogP contribution >= 0.6 is 0 Å². The van der Waals surface area contributed by atoms with Gasteiger partial charge in [0.15, 0.2) is 5.88 Å². The molecule has 2 N–H and O–H groups in total. The third-order valence-electron chi connectivity index (χ3n) is 2.89. The minimum absolute atomic E-state index is 0.0406. The number of aromatic carboxylic acids is 1. The summed E-state index contributed by atoms with van der Waals surface area (Å²) in [6.45, 7) is 1.75. The van der Waals surface area contributed by atoms with Gasteiger partial charge >= 0.3 is 5.97 Å². The molecule has 1 unspecified atom stereocenters. The van der Waals surface area contributed by atoms with Crippen LogP contribution in [0.2, 0.25) is 0 Å². The van der Waals surface area contributed by atoms with Crippen molar-refractivity contribution in [2.75, 3.05) is 24.6 Å².